The summed E-state index contributed by atoms with van der Waals surface area (Å²) in [6.45, 7) is 3.77. The van der Waals surface area contributed by atoms with Crippen LogP contribution in [0, 0.1) is 6.92 Å². The summed E-state index contributed by atoms with van der Waals surface area (Å²) in [5.74, 6) is -0.00954. The van der Waals surface area contributed by atoms with Crippen LogP contribution in [0.15, 0.2) is 42.0 Å². The Morgan fingerprint density at radius 1 is 1.14 bits per heavy atom. The number of nitrogens with zero attached hydrogens (tertiary/aromatic N) is 2. The predicted molar refractivity (Wildman–Crippen MR) is 107 cm³/mol. The van der Waals surface area contributed by atoms with Crippen LogP contribution in [0.25, 0.3) is 0 Å². The van der Waals surface area contributed by atoms with Crippen molar-refractivity contribution in [3.63, 3.8) is 0 Å². The minimum Gasteiger partial charge on any atom is -0.755 e. The molecule has 1 aliphatic heterocycles. The quantitative estimate of drug-likeness (QED) is 0.764. The van der Waals surface area contributed by atoms with Crippen molar-refractivity contribution in [2.24, 2.45) is 0 Å². The lowest BCUT2D eigenvalue weighted by Gasteiger charge is -2.35. The molecule has 1 N–H and O–H groups in total. The van der Waals surface area contributed by atoms with E-state index in [2.05, 4.69) is 16.9 Å². The SMILES string of the molecule is Cc1cc(C(=O)N2CCN(C(=O)CC3=CCCC=C3)CC2)ccc1NS(=O)[O-]. The first-order valence-electron chi connectivity index (χ1n) is 9.33. The molecule has 1 aromatic rings. The number of allylic oxidation sites excluding steroid dienone is 3. The smallest absolute Gasteiger partial charge is 0.253 e. The fourth-order valence-corrected chi connectivity index (χ4v) is 3.84. The Morgan fingerprint density at radius 2 is 1.86 bits per heavy atom. The van der Waals surface area contributed by atoms with Gasteiger partial charge in [0.1, 0.15) is 0 Å². The molecule has 1 saturated heterocycles. The highest BCUT2D eigenvalue weighted by atomic mass is 32.2. The highest BCUT2D eigenvalue weighted by Crippen LogP contribution is 2.19. The van der Waals surface area contributed by atoms with Gasteiger partial charge in [-0.3, -0.25) is 13.8 Å². The number of nitrogens with one attached hydrogen (secondary N) is 1. The number of piperazine rings is 1. The molecule has 1 aromatic carbocycles. The monoisotopic (exact) mass is 402 g/mol. The number of anilines is 1. The van der Waals surface area contributed by atoms with Crippen molar-refractivity contribution < 1.29 is 18.4 Å². The lowest BCUT2D eigenvalue weighted by atomic mass is 10.0. The van der Waals surface area contributed by atoms with Crippen LogP contribution in [0.5, 0.6) is 0 Å². The maximum Gasteiger partial charge on any atom is 0.253 e. The molecule has 7 nitrogen and oxygen atoms in total. The summed E-state index contributed by atoms with van der Waals surface area (Å²) in [7, 11) is 0. The van der Waals surface area contributed by atoms with E-state index >= 15 is 0 Å². The summed E-state index contributed by atoms with van der Waals surface area (Å²) in [5.41, 5.74) is 2.71. The van der Waals surface area contributed by atoms with Crippen molar-refractivity contribution in [3.8, 4) is 0 Å². The molecule has 0 aromatic heterocycles. The molecule has 1 atom stereocenters. The summed E-state index contributed by atoms with van der Waals surface area (Å²) in [4.78, 5) is 28.8. The Kier molecular flexibility index (Phi) is 6.64. The van der Waals surface area contributed by atoms with Crippen LogP contribution in [0.1, 0.15) is 35.2 Å². The van der Waals surface area contributed by atoms with E-state index in [1.165, 1.54) is 0 Å². The Balaban J connectivity index is 1.55. The third-order valence-electron chi connectivity index (χ3n) is 5.01. The Hall–Kier alpha value is -2.45. The molecule has 0 saturated carbocycles. The lowest BCUT2D eigenvalue weighted by Crippen LogP contribution is -2.50. The summed E-state index contributed by atoms with van der Waals surface area (Å²) in [5, 5.41) is 0. The lowest BCUT2D eigenvalue weighted by molar-refractivity contribution is -0.131. The van der Waals surface area contributed by atoms with Crippen LogP contribution in [0.3, 0.4) is 0 Å². The van der Waals surface area contributed by atoms with Gasteiger partial charge in [0.15, 0.2) is 0 Å². The summed E-state index contributed by atoms with van der Waals surface area (Å²) in [6, 6.07) is 4.88. The first-order chi connectivity index (χ1) is 13.4. The molecular weight excluding hydrogens is 378 g/mol. The maximum atomic E-state index is 12.7. The Labute approximate surface area is 167 Å². The van der Waals surface area contributed by atoms with Gasteiger partial charge in [0.2, 0.25) is 5.91 Å². The topological polar surface area (TPSA) is 92.8 Å². The number of hydrogen-bond donors (Lipinski definition) is 1. The van der Waals surface area contributed by atoms with E-state index in [0.717, 1.165) is 18.4 Å². The highest BCUT2D eigenvalue weighted by molar-refractivity contribution is 7.80. The third kappa shape index (κ3) is 5.08. The maximum absolute atomic E-state index is 12.7. The Bertz CT molecular complexity index is 842. The third-order valence-corrected chi connectivity index (χ3v) is 5.40. The highest BCUT2D eigenvalue weighted by Gasteiger charge is 2.25. The van der Waals surface area contributed by atoms with E-state index in [4.69, 9.17) is 0 Å². The summed E-state index contributed by atoms with van der Waals surface area (Å²) >= 11 is -2.40. The van der Waals surface area contributed by atoms with Gasteiger partial charge in [-0.2, -0.15) is 0 Å². The molecule has 1 aliphatic carbocycles. The van der Waals surface area contributed by atoms with Gasteiger partial charge < -0.3 is 19.1 Å². The average molecular weight is 402 g/mol. The second kappa shape index (κ2) is 9.16. The minimum atomic E-state index is -2.40. The van der Waals surface area contributed by atoms with Crippen LogP contribution in [-0.2, 0) is 16.1 Å². The first-order valence-corrected chi connectivity index (χ1v) is 10.4. The van der Waals surface area contributed by atoms with E-state index < -0.39 is 11.3 Å². The molecule has 1 fully saturated rings. The van der Waals surface area contributed by atoms with Gasteiger partial charge >= 0.3 is 0 Å². The number of carbonyl (C=O) groups excluding carboxylic acids is 2. The van der Waals surface area contributed by atoms with Gasteiger partial charge in [-0.05, 0) is 49.1 Å². The van der Waals surface area contributed by atoms with E-state index in [-0.39, 0.29) is 11.8 Å². The van der Waals surface area contributed by atoms with Crippen molar-refractivity contribution in [3.05, 3.63) is 53.1 Å². The van der Waals surface area contributed by atoms with Gasteiger partial charge in [-0.15, -0.1) is 0 Å². The number of amides is 2. The van der Waals surface area contributed by atoms with Crippen molar-refractivity contribution in [1.82, 2.24) is 9.80 Å². The van der Waals surface area contributed by atoms with Gasteiger partial charge in [0, 0.05) is 48.7 Å². The largest absolute Gasteiger partial charge is 0.755 e. The van der Waals surface area contributed by atoms with Gasteiger partial charge in [0.25, 0.3) is 5.91 Å². The van der Waals surface area contributed by atoms with Crippen molar-refractivity contribution in [2.75, 3.05) is 30.9 Å². The molecule has 2 amide bonds. The van der Waals surface area contributed by atoms with Crippen LogP contribution in [0.2, 0.25) is 0 Å². The summed E-state index contributed by atoms with van der Waals surface area (Å²) < 4.78 is 23.9. The number of hydrogen-bond acceptors (Lipinski definition) is 4. The van der Waals surface area contributed by atoms with E-state index in [9.17, 15) is 18.4 Å². The molecule has 150 valence electrons. The molecule has 0 radical (unpaired) electrons. The zero-order valence-corrected chi connectivity index (χ0v) is 16.7. The van der Waals surface area contributed by atoms with E-state index in [1.807, 2.05) is 11.0 Å². The predicted octanol–water partition coefficient (Wildman–Crippen LogP) is 2.15. The van der Waals surface area contributed by atoms with Crippen LogP contribution in [-0.4, -0.2) is 56.6 Å². The van der Waals surface area contributed by atoms with E-state index in [1.54, 1.807) is 30.0 Å². The van der Waals surface area contributed by atoms with Crippen molar-refractivity contribution in [2.45, 2.75) is 26.2 Å². The molecule has 1 unspecified atom stereocenters. The van der Waals surface area contributed by atoms with Crippen molar-refractivity contribution in [1.29, 1.82) is 0 Å². The van der Waals surface area contributed by atoms with Crippen LogP contribution >= 0.6 is 0 Å². The molecule has 28 heavy (non-hydrogen) atoms. The van der Waals surface area contributed by atoms with E-state index in [0.29, 0.717) is 49.4 Å². The fourth-order valence-electron chi connectivity index (χ4n) is 3.43. The molecular formula is C20H24N3O4S-. The molecule has 3 rings (SSSR count). The Morgan fingerprint density at radius 3 is 2.46 bits per heavy atom. The normalized spacial score (nSPS) is 17.9. The standard InChI is InChI=1S/C20H25N3O4S/c1-15-13-17(7-8-18(15)21-28(26)27)20(25)23-11-9-22(10-12-23)19(24)14-16-5-3-2-4-6-16/h3,5-8,13,21H,2,4,9-12,14H2,1H3,(H,26,27)/p-1. The average Bonchev–Trinajstić information content (AvgIpc) is 2.69. The van der Waals surface area contributed by atoms with Crippen LogP contribution in [0.4, 0.5) is 5.69 Å². The van der Waals surface area contributed by atoms with Gasteiger partial charge in [-0.1, -0.05) is 18.2 Å². The zero-order chi connectivity index (χ0) is 20.1. The van der Waals surface area contributed by atoms with Crippen molar-refractivity contribution >= 4 is 28.8 Å². The van der Waals surface area contributed by atoms with Crippen LogP contribution < -0.4 is 4.72 Å². The second-order valence-electron chi connectivity index (χ2n) is 6.97. The number of rotatable bonds is 5. The first kappa shape index (κ1) is 20.3. The minimum absolute atomic E-state index is 0.0989. The zero-order valence-electron chi connectivity index (χ0n) is 15.8. The fraction of sp³-hybridized carbons (Fsp3) is 0.400. The van der Waals surface area contributed by atoms with Gasteiger partial charge in [0.05, 0.1) is 6.42 Å². The second-order valence-corrected chi connectivity index (χ2v) is 7.65. The molecule has 8 heteroatoms. The molecule has 0 spiro atoms. The molecule has 0 bridgehead atoms. The summed E-state index contributed by atoms with van der Waals surface area (Å²) in [6.07, 6.45) is 8.66. The number of benzene rings is 1. The van der Waals surface area contributed by atoms with Gasteiger partial charge in [-0.25, -0.2) is 0 Å². The molecule has 2 aliphatic rings. The molecule has 1 heterocycles. The number of aryl methyl sites for hydroxylation is 1. The number of carbonyl (C=O) groups is 2.